The number of methoxy groups -OCH3 is 1. The van der Waals surface area contributed by atoms with Crippen molar-refractivity contribution in [2.24, 2.45) is 0 Å². The van der Waals surface area contributed by atoms with E-state index in [1.807, 2.05) is 12.1 Å². The van der Waals surface area contributed by atoms with Crippen molar-refractivity contribution < 1.29 is 28.2 Å². The molecule has 33 heavy (non-hydrogen) atoms. The monoisotopic (exact) mass is 449 g/mol. The fourth-order valence-corrected chi connectivity index (χ4v) is 3.41. The Labute approximate surface area is 189 Å². The minimum absolute atomic E-state index is 0.0399. The molecule has 0 fully saturated rings. The van der Waals surface area contributed by atoms with E-state index in [0.29, 0.717) is 23.4 Å². The second kappa shape index (κ2) is 9.95. The summed E-state index contributed by atoms with van der Waals surface area (Å²) < 4.78 is 21.4. The van der Waals surface area contributed by atoms with E-state index in [1.165, 1.54) is 18.4 Å². The first kappa shape index (κ1) is 22.0. The fourth-order valence-electron chi connectivity index (χ4n) is 3.41. The van der Waals surface area contributed by atoms with Crippen LogP contribution in [0.4, 0.5) is 0 Å². The summed E-state index contributed by atoms with van der Waals surface area (Å²) >= 11 is 0. The summed E-state index contributed by atoms with van der Waals surface area (Å²) in [4.78, 5) is 25.0. The van der Waals surface area contributed by atoms with Crippen molar-refractivity contribution in [3.05, 3.63) is 77.0 Å². The summed E-state index contributed by atoms with van der Waals surface area (Å²) in [5.41, 5.74) is 0.726. The zero-order valence-electron chi connectivity index (χ0n) is 18.0. The number of hydrogen-bond donors (Lipinski definition) is 2. The molecule has 8 nitrogen and oxygen atoms in total. The molecule has 4 rings (SSSR count). The van der Waals surface area contributed by atoms with Crippen LogP contribution in [-0.2, 0) is 11.2 Å². The molecule has 0 aliphatic carbocycles. The third-order valence-corrected chi connectivity index (χ3v) is 5.10. The average Bonchev–Trinajstić information content (AvgIpc) is 3.34. The van der Waals surface area contributed by atoms with E-state index in [-0.39, 0.29) is 40.4 Å². The van der Waals surface area contributed by atoms with E-state index in [9.17, 15) is 14.7 Å². The van der Waals surface area contributed by atoms with Gasteiger partial charge >= 0.3 is 0 Å². The number of aryl methyl sites for hydroxylation is 1. The maximum absolute atomic E-state index is 13.0. The van der Waals surface area contributed by atoms with E-state index in [0.717, 1.165) is 18.6 Å². The molecule has 0 atom stereocenters. The summed E-state index contributed by atoms with van der Waals surface area (Å²) in [6.07, 6.45) is 4.41. The van der Waals surface area contributed by atoms with Gasteiger partial charge in [0.1, 0.15) is 40.2 Å². The Morgan fingerprint density at radius 1 is 1.09 bits per heavy atom. The van der Waals surface area contributed by atoms with E-state index in [4.69, 9.17) is 18.3 Å². The Balaban J connectivity index is 1.41. The van der Waals surface area contributed by atoms with Gasteiger partial charge in [-0.15, -0.1) is 0 Å². The lowest BCUT2D eigenvalue weighted by atomic mass is 10.0. The van der Waals surface area contributed by atoms with Crippen LogP contribution in [0.1, 0.15) is 12.2 Å². The molecule has 2 aromatic heterocycles. The van der Waals surface area contributed by atoms with Crippen LogP contribution in [0.5, 0.6) is 17.2 Å². The van der Waals surface area contributed by atoms with Gasteiger partial charge in [-0.1, -0.05) is 12.1 Å². The van der Waals surface area contributed by atoms with Gasteiger partial charge in [0.2, 0.25) is 5.43 Å². The number of furan rings is 1. The number of phenolic OH excluding ortho intramolecular Hbond substituents is 1. The summed E-state index contributed by atoms with van der Waals surface area (Å²) in [5.74, 6) is 1.15. The van der Waals surface area contributed by atoms with Gasteiger partial charge in [0.05, 0.1) is 18.9 Å². The van der Waals surface area contributed by atoms with Crippen LogP contribution in [0.3, 0.4) is 0 Å². The lowest BCUT2D eigenvalue weighted by molar-refractivity contribution is -0.123. The number of carbonyl (C=O) groups excluding carboxylic acids is 1. The van der Waals surface area contributed by atoms with E-state index >= 15 is 0 Å². The molecule has 0 saturated carbocycles. The summed E-state index contributed by atoms with van der Waals surface area (Å²) in [5, 5.41) is 13.2. The Hall–Kier alpha value is -4.20. The van der Waals surface area contributed by atoms with Crippen LogP contribution in [0, 0.1) is 0 Å². The molecule has 2 aromatic carbocycles. The van der Waals surface area contributed by atoms with Gasteiger partial charge < -0.3 is 28.7 Å². The molecule has 0 aliphatic heterocycles. The van der Waals surface area contributed by atoms with Crippen molar-refractivity contribution in [3.63, 3.8) is 0 Å². The first-order valence-electron chi connectivity index (χ1n) is 10.4. The lowest BCUT2D eigenvalue weighted by Gasteiger charge is -2.10. The van der Waals surface area contributed by atoms with Crippen LogP contribution >= 0.6 is 0 Å². The van der Waals surface area contributed by atoms with Crippen LogP contribution in [0.25, 0.3) is 22.1 Å². The number of hydrogen-bond acceptors (Lipinski definition) is 7. The van der Waals surface area contributed by atoms with Crippen LogP contribution in [0.2, 0.25) is 0 Å². The van der Waals surface area contributed by atoms with Crippen molar-refractivity contribution in [1.29, 1.82) is 0 Å². The molecule has 0 unspecified atom stereocenters. The van der Waals surface area contributed by atoms with Crippen molar-refractivity contribution in [2.75, 3.05) is 20.3 Å². The predicted molar refractivity (Wildman–Crippen MR) is 122 cm³/mol. The number of benzene rings is 2. The van der Waals surface area contributed by atoms with Crippen molar-refractivity contribution >= 4 is 16.9 Å². The highest BCUT2D eigenvalue weighted by molar-refractivity contribution is 5.88. The molecule has 0 saturated heterocycles. The minimum atomic E-state index is -0.375. The van der Waals surface area contributed by atoms with E-state index < -0.39 is 0 Å². The standard InChI is InChI=1S/C25H23NO7/c1-30-17-8-6-16(7-9-17)20-14-33-22-13-19(12-21(27)24(22)25(20)29)32-15-23(28)26-10-2-4-18-5-3-11-31-18/h3,5-9,11-14,27H,2,4,10,15H2,1H3,(H,26,28). The molecule has 0 spiro atoms. The predicted octanol–water partition coefficient (Wildman–Crippen LogP) is 3.90. The number of nitrogens with one attached hydrogen (secondary N) is 1. The maximum Gasteiger partial charge on any atom is 0.257 e. The third-order valence-electron chi connectivity index (χ3n) is 5.10. The normalized spacial score (nSPS) is 10.8. The number of fused-ring (bicyclic) bond motifs is 1. The highest BCUT2D eigenvalue weighted by Gasteiger charge is 2.15. The maximum atomic E-state index is 13.0. The zero-order chi connectivity index (χ0) is 23.2. The Morgan fingerprint density at radius 2 is 1.91 bits per heavy atom. The molecule has 1 amide bonds. The van der Waals surface area contributed by atoms with Gasteiger partial charge in [0.25, 0.3) is 5.91 Å². The Morgan fingerprint density at radius 3 is 2.64 bits per heavy atom. The van der Waals surface area contributed by atoms with Crippen LogP contribution < -0.4 is 20.2 Å². The SMILES string of the molecule is COc1ccc(-c2coc3cc(OCC(=O)NCCCc4ccco4)cc(O)c3c2=O)cc1. The molecular weight excluding hydrogens is 426 g/mol. The fraction of sp³-hybridized carbons (Fsp3) is 0.200. The second-order valence-electron chi connectivity index (χ2n) is 7.34. The molecule has 0 radical (unpaired) electrons. The number of phenols is 1. The number of rotatable bonds is 9. The molecule has 170 valence electrons. The number of aromatic hydroxyl groups is 1. The van der Waals surface area contributed by atoms with Crippen molar-refractivity contribution in [2.45, 2.75) is 12.8 Å². The quantitative estimate of drug-likeness (QED) is 0.373. The first-order chi connectivity index (χ1) is 16.0. The second-order valence-corrected chi connectivity index (χ2v) is 7.34. The van der Waals surface area contributed by atoms with Gasteiger partial charge in [0.15, 0.2) is 6.61 Å². The Bertz CT molecular complexity index is 1290. The van der Waals surface area contributed by atoms with Crippen molar-refractivity contribution in [3.8, 4) is 28.4 Å². The van der Waals surface area contributed by atoms with Crippen LogP contribution in [0.15, 0.2) is 74.7 Å². The van der Waals surface area contributed by atoms with E-state index in [2.05, 4.69) is 5.32 Å². The summed E-state index contributed by atoms with van der Waals surface area (Å²) in [7, 11) is 1.56. The number of carbonyl (C=O) groups is 1. The summed E-state index contributed by atoms with van der Waals surface area (Å²) in [6.45, 7) is 0.245. The molecule has 2 N–H and O–H groups in total. The molecule has 4 aromatic rings. The third kappa shape index (κ3) is 5.17. The van der Waals surface area contributed by atoms with Gasteiger partial charge in [-0.2, -0.15) is 0 Å². The van der Waals surface area contributed by atoms with Gasteiger partial charge in [-0.05, 0) is 36.2 Å². The van der Waals surface area contributed by atoms with E-state index in [1.54, 1.807) is 37.6 Å². The summed E-state index contributed by atoms with van der Waals surface area (Å²) in [6, 6.07) is 13.4. The van der Waals surface area contributed by atoms with Gasteiger partial charge in [-0.3, -0.25) is 9.59 Å². The average molecular weight is 449 g/mol. The number of ether oxygens (including phenoxy) is 2. The molecule has 2 heterocycles. The van der Waals surface area contributed by atoms with Gasteiger partial charge in [-0.25, -0.2) is 0 Å². The number of amides is 1. The smallest absolute Gasteiger partial charge is 0.257 e. The lowest BCUT2D eigenvalue weighted by Crippen LogP contribution is -2.29. The minimum Gasteiger partial charge on any atom is -0.507 e. The largest absolute Gasteiger partial charge is 0.507 e. The van der Waals surface area contributed by atoms with Gasteiger partial charge in [0, 0.05) is 25.1 Å². The highest BCUT2D eigenvalue weighted by atomic mass is 16.5. The molecule has 0 bridgehead atoms. The molecule has 0 aliphatic rings. The first-order valence-corrected chi connectivity index (χ1v) is 10.4. The topological polar surface area (TPSA) is 111 Å². The van der Waals surface area contributed by atoms with Crippen molar-refractivity contribution in [1.82, 2.24) is 5.32 Å². The molecule has 8 heteroatoms. The highest BCUT2D eigenvalue weighted by Crippen LogP contribution is 2.30. The zero-order valence-corrected chi connectivity index (χ0v) is 18.0. The molecular formula is C25H23NO7. The Kier molecular flexibility index (Phi) is 6.64. The van der Waals surface area contributed by atoms with Crippen LogP contribution in [-0.4, -0.2) is 31.3 Å².